The number of aliphatic hydroxyl groups excluding tert-OH is 2. The van der Waals surface area contributed by atoms with Gasteiger partial charge in [-0.3, -0.25) is 0 Å². The monoisotopic (exact) mass is 452 g/mol. The summed E-state index contributed by atoms with van der Waals surface area (Å²) in [4.78, 5) is 13.5. The van der Waals surface area contributed by atoms with Gasteiger partial charge in [0.25, 0.3) is 0 Å². The summed E-state index contributed by atoms with van der Waals surface area (Å²) in [5.41, 5.74) is 0.482. The van der Waals surface area contributed by atoms with Gasteiger partial charge in [0.2, 0.25) is 0 Å². The van der Waals surface area contributed by atoms with E-state index in [4.69, 9.17) is 0 Å². The maximum Gasteiger partial charge on any atom is 0.194 e. The summed E-state index contributed by atoms with van der Waals surface area (Å²) < 4.78 is 2.42. The Balaban J connectivity index is 1.58. The van der Waals surface area contributed by atoms with Crippen LogP contribution in [-0.2, 0) is 0 Å². The number of nitriles is 1. The number of anilines is 1. The van der Waals surface area contributed by atoms with Crippen LogP contribution in [0.5, 0.6) is 0 Å². The number of rotatable bonds is 3. The lowest BCUT2D eigenvalue weighted by Gasteiger charge is -2.27. The minimum absolute atomic E-state index is 0.0735. The van der Waals surface area contributed by atoms with Crippen molar-refractivity contribution in [2.75, 3.05) is 5.32 Å². The molecule has 3 fully saturated rings. The van der Waals surface area contributed by atoms with Crippen molar-refractivity contribution < 1.29 is 10.2 Å². The average molecular weight is 452 g/mol. The van der Waals surface area contributed by atoms with E-state index in [-0.39, 0.29) is 12.0 Å². The molecular weight excluding hydrogens is 435 g/mol. The molecule has 5 atom stereocenters. The zero-order chi connectivity index (χ0) is 17.3. The second-order valence-electron chi connectivity index (χ2n) is 7.33. The molecule has 3 saturated carbocycles. The molecule has 0 spiro atoms. The maximum atomic E-state index is 10.5. The molecule has 0 unspecified atom stereocenters. The standard InChI is InChI=1S/C16H17IN6O2/c17-15-21-13(20-7-2-1-3-7)9-14(22-15)23(6-19-9)10-8-4-16(8,5-18)12(25)11(10)24/h6-8,10-12,24-25H,1-4H2,(H,20,21,22)/t8-,10-,11+,12+,16+/m1/s1. The molecule has 25 heavy (non-hydrogen) atoms. The predicted octanol–water partition coefficient (Wildman–Crippen LogP) is 1.20. The van der Waals surface area contributed by atoms with Crippen LogP contribution in [0.3, 0.4) is 0 Å². The van der Waals surface area contributed by atoms with E-state index in [0.29, 0.717) is 33.3 Å². The number of aliphatic hydroxyl groups is 2. The van der Waals surface area contributed by atoms with E-state index in [9.17, 15) is 15.5 Å². The molecule has 5 rings (SSSR count). The van der Waals surface area contributed by atoms with Gasteiger partial charge in [-0.25, -0.2) is 15.0 Å². The van der Waals surface area contributed by atoms with Crippen LogP contribution in [0, 0.1) is 26.5 Å². The van der Waals surface area contributed by atoms with Crippen LogP contribution >= 0.6 is 22.6 Å². The molecule has 9 heteroatoms. The third-order valence-electron chi connectivity index (χ3n) is 6.04. The fourth-order valence-corrected chi connectivity index (χ4v) is 4.78. The lowest BCUT2D eigenvalue weighted by atomic mass is 9.93. The molecule has 3 aliphatic rings. The highest BCUT2D eigenvalue weighted by Gasteiger charge is 2.72. The number of fused-ring (bicyclic) bond motifs is 2. The first-order valence-corrected chi connectivity index (χ1v) is 9.57. The van der Waals surface area contributed by atoms with Crippen molar-refractivity contribution in [3.8, 4) is 6.07 Å². The summed E-state index contributed by atoms with van der Waals surface area (Å²) in [5, 5.41) is 33.7. The molecule has 3 N–H and O–H groups in total. The van der Waals surface area contributed by atoms with Gasteiger partial charge in [0.1, 0.15) is 12.2 Å². The highest BCUT2D eigenvalue weighted by atomic mass is 127. The number of aromatic nitrogens is 4. The van der Waals surface area contributed by atoms with Gasteiger partial charge in [-0.05, 0) is 25.7 Å². The van der Waals surface area contributed by atoms with Gasteiger partial charge in [0, 0.05) is 34.6 Å². The van der Waals surface area contributed by atoms with Gasteiger partial charge >= 0.3 is 0 Å². The van der Waals surface area contributed by atoms with E-state index < -0.39 is 17.6 Å². The van der Waals surface area contributed by atoms with E-state index in [1.165, 1.54) is 6.42 Å². The summed E-state index contributed by atoms with van der Waals surface area (Å²) in [6, 6.07) is 2.24. The van der Waals surface area contributed by atoms with Gasteiger partial charge in [0.15, 0.2) is 20.8 Å². The first-order valence-electron chi connectivity index (χ1n) is 8.49. The quantitative estimate of drug-likeness (QED) is 0.473. The number of hydrogen-bond donors (Lipinski definition) is 3. The Labute approximate surface area is 157 Å². The SMILES string of the molecule is N#C[C@@]12C[C@@H]1[C@@H](n1cnc3c(NC4CCC4)nc(I)nc31)[C@H](O)[C@@H]2O. The molecule has 0 saturated heterocycles. The minimum atomic E-state index is -1.03. The van der Waals surface area contributed by atoms with Crippen molar-refractivity contribution in [1.82, 2.24) is 19.5 Å². The predicted molar refractivity (Wildman–Crippen MR) is 96.5 cm³/mol. The number of imidazole rings is 1. The first kappa shape index (κ1) is 15.7. The minimum Gasteiger partial charge on any atom is -0.389 e. The molecule has 0 aromatic carbocycles. The van der Waals surface area contributed by atoms with Crippen LogP contribution in [-0.4, -0.2) is 48.0 Å². The van der Waals surface area contributed by atoms with Crippen LogP contribution in [0.2, 0.25) is 0 Å². The lowest BCUT2D eigenvalue weighted by molar-refractivity contribution is -0.00676. The van der Waals surface area contributed by atoms with Crippen LogP contribution in [0.1, 0.15) is 31.7 Å². The summed E-state index contributed by atoms with van der Waals surface area (Å²) in [5.74, 6) is 0.642. The molecule has 0 bridgehead atoms. The Morgan fingerprint density at radius 1 is 1.36 bits per heavy atom. The topological polar surface area (TPSA) is 120 Å². The van der Waals surface area contributed by atoms with E-state index in [1.54, 1.807) is 6.33 Å². The molecule has 130 valence electrons. The fourth-order valence-electron chi connectivity index (χ4n) is 4.31. The lowest BCUT2D eigenvalue weighted by Crippen LogP contribution is -2.33. The van der Waals surface area contributed by atoms with Crippen LogP contribution in [0.4, 0.5) is 5.82 Å². The Hall–Kier alpha value is -1.51. The van der Waals surface area contributed by atoms with Crippen molar-refractivity contribution in [2.24, 2.45) is 11.3 Å². The number of halogens is 1. The number of nitrogens with one attached hydrogen (secondary N) is 1. The van der Waals surface area contributed by atoms with Crippen LogP contribution < -0.4 is 5.32 Å². The largest absolute Gasteiger partial charge is 0.389 e. The zero-order valence-corrected chi connectivity index (χ0v) is 15.5. The van der Waals surface area contributed by atoms with E-state index in [2.05, 4.69) is 48.9 Å². The van der Waals surface area contributed by atoms with E-state index in [0.717, 1.165) is 12.8 Å². The fraction of sp³-hybridized carbons (Fsp3) is 0.625. The molecule has 0 radical (unpaired) electrons. The van der Waals surface area contributed by atoms with Crippen molar-refractivity contribution in [1.29, 1.82) is 5.26 Å². The smallest absolute Gasteiger partial charge is 0.194 e. The second-order valence-corrected chi connectivity index (χ2v) is 8.29. The van der Waals surface area contributed by atoms with Gasteiger partial charge in [-0.15, -0.1) is 0 Å². The van der Waals surface area contributed by atoms with Crippen molar-refractivity contribution in [3.05, 3.63) is 10.2 Å². The van der Waals surface area contributed by atoms with Crippen LogP contribution in [0.15, 0.2) is 6.33 Å². The van der Waals surface area contributed by atoms with Crippen molar-refractivity contribution in [2.45, 2.75) is 50.0 Å². The molecule has 3 aliphatic carbocycles. The van der Waals surface area contributed by atoms with E-state index in [1.807, 2.05) is 4.57 Å². The third-order valence-corrected chi connectivity index (χ3v) is 6.52. The highest BCUT2D eigenvalue weighted by Crippen LogP contribution is 2.67. The van der Waals surface area contributed by atoms with Crippen molar-refractivity contribution in [3.63, 3.8) is 0 Å². The Morgan fingerprint density at radius 2 is 2.16 bits per heavy atom. The summed E-state index contributed by atoms with van der Waals surface area (Å²) in [6.07, 6.45) is 3.70. The number of nitrogens with zero attached hydrogens (tertiary/aromatic N) is 5. The molecule has 0 amide bonds. The van der Waals surface area contributed by atoms with Gasteiger partial charge < -0.3 is 20.1 Å². The maximum absolute atomic E-state index is 10.5. The Morgan fingerprint density at radius 3 is 2.80 bits per heavy atom. The summed E-state index contributed by atoms with van der Waals surface area (Å²) in [7, 11) is 0. The summed E-state index contributed by atoms with van der Waals surface area (Å²) >= 11 is 2.08. The van der Waals surface area contributed by atoms with Gasteiger partial charge in [-0.1, -0.05) is 0 Å². The Bertz CT molecular complexity index is 906. The average Bonchev–Trinajstić information content (AvgIpc) is 3.08. The molecule has 2 heterocycles. The van der Waals surface area contributed by atoms with E-state index >= 15 is 0 Å². The molecule has 8 nitrogen and oxygen atoms in total. The van der Waals surface area contributed by atoms with Crippen LogP contribution in [0.25, 0.3) is 11.2 Å². The second kappa shape index (κ2) is 5.25. The zero-order valence-electron chi connectivity index (χ0n) is 13.3. The molecule has 2 aromatic rings. The Kier molecular flexibility index (Phi) is 3.30. The normalized spacial score (nSPS) is 36.7. The molecule has 0 aliphatic heterocycles. The highest BCUT2D eigenvalue weighted by molar-refractivity contribution is 14.1. The summed E-state index contributed by atoms with van der Waals surface area (Å²) in [6.45, 7) is 0. The van der Waals surface area contributed by atoms with Crippen molar-refractivity contribution >= 4 is 39.6 Å². The third kappa shape index (κ3) is 2.07. The first-order chi connectivity index (χ1) is 12.0. The molecule has 2 aromatic heterocycles. The van der Waals surface area contributed by atoms with Gasteiger partial charge in [0.05, 0.1) is 23.9 Å². The molecular formula is C16H17IN6O2. The van der Waals surface area contributed by atoms with Gasteiger partial charge in [-0.2, -0.15) is 5.26 Å². The number of hydrogen-bond acceptors (Lipinski definition) is 7.